The number of nitrogens with zero attached hydrogens (tertiary/aromatic N) is 2. The van der Waals surface area contributed by atoms with Crippen LogP contribution in [0.25, 0.3) is 16.0 Å². The Hall–Kier alpha value is -3.97. The predicted molar refractivity (Wildman–Crippen MR) is 138 cm³/mol. The fourth-order valence-electron chi connectivity index (χ4n) is 4.28. The highest BCUT2D eigenvalue weighted by atomic mass is 32.1. The molecule has 0 saturated carbocycles. The van der Waals surface area contributed by atoms with Gasteiger partial charge >= 0.3 is 5.91 Å². The summed E-state index contributed by atoms with van der Waals surface area (Å²) >= 11 is 1.37. The fraction of sp³-hybridized carbons (Fsp3) is 0.179. The molecule has 176 valence electrons. The quantitative estimate of drug-likeness (QED) is 0.220. The lowest BCUT2D eigenvalue weighted by atomic mass is 9.95. The monoisotopic (exact) mass is 484 g/mol. The van der Waals surface area contributed by atoms with Gasteiger partial charge in [-0.3, -0.25) is 14.5 Å². The van der Waals surface area contributed by atoms with Crippen LogP contribution < -0.4 is 9.64 Å². The van der Waals surface area contributed by atoms with E-state index < -0.39 is 17.7 Å². The number of anilines is 1. The zero-order chi connectivity index (χ0) is 24.7. The summed E-state index contributed by atoms with van der Waals surface area (Å²) in [6.45, 7) is 4.05. The van der Waals surface area contributed by atoms with Crippen molar-refractivity contribution in [3.8, 4) is 5.75 Å². The molecule has 35 heavy (non-hydrogen) atoms. The van der Waals surface area contributed by atoms with Crippen molar-refractivity contribution in [3.05, 3.63) is 94.6 Å². The largest absolute Gasteiger partial charge is 0.507 e. The minimum atomic E-state index is -0.802. The lowest BCUT2D eigenvalue weighted by molar-refractivity contribution is -0.132. The van der Waals surface area contributed by atoms with Crippen LogP contribution in [0.3, 0.4) is 0 Å². The standard InChI is InChI=1S/C28H24N2O4S/c1-4-17-7-14-21-22(15-17)35-28(29-21)30-24(18-8-5-16(2)6-9-18)23(26(32)27(30)33)25(31)19-10-12-20(34-3)13-11-19/h5-15,24,31H,4H2,1-3H3/b25-23+/t24-/m1/s1. The molecule has 1 aromatic heterocycles. The van der Waals surface area contributed by atoms with Crippen molar-refractivity contribution in [2.75, 3.05) is 12.0 Å². The molecule has 1 aliphatic rings. The van der Waals surface area contributed by atoms with E-state index >= 15 is 0 Å². The fourth-order valence-corrected chi connectivity index (χ4v) is 5.33. The van der Waals surface area contributed by atoms with Gasteiger partial charge in [0.2, 0.25) is 0 Å². The van der Waals surface area contributed by atoms with Gasteiger partial charge in [-0.15, -0.1) is 0 Å². The van der Waals surface area contributed by atoms with Crippen molar-refractivity contribution in [1.82, 2.24) is 4.98 Å². The molecule has 1 saturated heterocycles. The molecule has 1 amide bonds. The van der Waals surface area contributed by atoms with E-state index in [4.69, 9.17) is 4.74 Å². The summed E-state index contributed by atoms with van der Waals surface area (Å²) in [6.07, 6.45) is 0.888. The summed E-state index contributed by atoms with van der Waals surface area (Å²) < 4.78 is 6.14. The second kappa shape index (κ2) is 9.00. The van der Waals surface area contributed by atoms with Gasteiger partial charge in [-0.2, -0.15) is 0 Å². The predicted octanol–water partition coefficient (Wildman–Crippen LogP) is 5.80. The number of aryl methyl sites for hydroxylation is 2. The number of aliphatic hydroxyl groups is 1. The Morgan fingerprint density at radius 3 is 2.43 bits per heavy atom. The first-order valence-electron chi connectivity index (χ1n) is 11.3. The van der Waals surface area contributed by atoms with E-state index in [1.54, 1.807) is 31.4 Å². The minimum absolute atomic E-state index is 0.0394. The SMILES string of the molecule is CCc1ccc2nc(N3C(=O)C(=O)/C(=C(/O)c4ccc(OC)cc4)[C@H]3c3ccc(C)cc3)sc2c1. The molecule has 1 fully saturated rings. The highest BCUT2D eigenvalue weighted by Gasteiger charge is 2.48. The number of amides is 1. The Kier molecular flexibility index (Phi) is 5.86. The highest BCUT2D eigenvalue weighted by Crippen LogP contribution is 2.44. The van der Waals surface area contributed by atoms with E-state index in [2.05, 4.69) is 18.0 Å². The summed E-state index contributed by atoms with van der Waals surface area (Å²) in [7, 11) is 1.55. The third-order valence-electron chi connectivity index (χ3n) is 6.26. The van der Waals surface area contributed by atoms with Crippen molar-refractivity contribution in [2.45, 2.75) is 26.3 Å². The second-order valence-electron chi connectivity index (χ2n) is 8.46. The van der Waals surface area contributed by atoms with Crippen molar-refractivity contribution in [1.29, 1.82) is 0 Å². The number of ether oxygens (including phenoxy) is 1. The summed E-state index contributed by atoms with van der Waals surface area (Å²) in [5, 5.41) is 11.7. The molecular weight excluding hydrogens is 460 g/mol. The molecule has 0 aliphatic carbocycles. The number of hydrogen-bond acceptors (Lipinski definition) is 6. The molecule has 1 aliphatic heterocycles. The number of carbonyl (C=O) groups is 2. The van der Waals surface area contributed by atoms with Crippen molar-refractivity contribution >= 4 is 44.1 Å². The number of aliphatic hydroxyl groups excluding tert-OH is 1. The van der Waals surface area contributed by atoms with Gasteiger partial charge < -0.3 is 9.84 Å². The number of ketones is 1. The van der Waals surface area contributed by atoms with Gasteiger partial charge in [0, 0.05) is 5.56 Å². The van der Waals surface area contributed by atoms with Crippen LogP contribution in [0.15, 0.2) is 72.3 Å². The maximum atomic E-state index is 13.4. The first kappa shape index (κ1) is 22.8. The maximum absolute atomic E-state index is 13.4. The summed E-state index contributed by atoms with van der Waals surface area (Å²) in [5.41, 5.74) is 4.17. The molecule has 1 N–H and O–H groups in total. The Morgan fingerprint density at radius 1 is 1.06 bits per heavy atom. The van der Waals surface area contributed by atoms with E-state index in [1.807, 2.05) is 43.3 Å². The molecule has 4 aromatic rings. The lowest BCUT2D eigenvalue weighted by Crippen LogP contribution is -2.29. The average molecular weight is 485 g/mol. The molecule has 0 unspecified atom stereocenters. The molecule has 7 heteroatoms. The normalized spacial score (nSPS) is 17.3. The zero-order valence-electron chi connectivity index (χ0n) is 19.6. The molecule has 0 bridgehead atoms. The molecule has 5 rings (SSSR count). The Morgan fingerprint density at radius 2 is 1.77 bits per heavy atom. The number of Topliss-reactive ketones (excluding diaryl/α,β-unsaturated/α-hetero) is 1. The maximum Gasteiger partial charge on any atom is 0.301 e. The second-order valence-corrected chi connectivity index (χ2v) is 9.47. The van der Waals surface area contributed by atoms with Gasteiger partial charge in [0.25, 0.3) is 5.78 Å². The van der Waals surface area contributed by atoms with Gasteiger partial charge in [0.15, 0.2) is 5.13 Å². The summed E-state index contributed by atoms with van der Waals surface area (Å²) in [4.78, 5) is 32.8. The highest BCUT2D eigenvalue weighted by molar-refractivity contribution is 7.22. The van der Waals surface area contributed by atoms with Crippen LogP contribution in [0, 0.1) is 6.92 Å². The average Bonchev–Trinajstić information content (AvgIpc) is 3.41. The van der Waals surface area contributed by atoms with E-state index in [1.165, 1.54) is 21.8 Å². The third kappa shape index (κ3) is 3.98. The Labute approximate surface area is 207 Å². The number of fused-ring (bicyclic) bond motifs is 1. The van der Waals surface area contributed by atoms with Crippen LogP contribution in [0.2, 0.25) is 0 Å². The smallest absolute Gasteiger partial charge is 0.301 e. The van der Waals surface area contributed by atoms with Crippen LogP contribution in [-0.2, 0) is 16.0 Å². The first-order chi connectivity index (χ1) is 16.9. The van der Waals surface area contributed by atoms with Crippen molar-refractivity contribution in [3.63, 3.8) is 0 Å². The molecular formula is C28H24N2O4S. The molecule has 6 nitrogen and oxygen atoms in total. The number of methoxy groups -OCH3 is 1. The molecule has 0 radical (unpaired) electrons. The molecule has 1 atom stereocenters. The van der Waals surface area contributed by atoms with E-state index in [0.717, 1.165) is 27.8 Å². The summed E-state index contributed by atoms with van der Waals surface area (Å²) in [6, 6.07) is 19.5. The number of aromatic nitrogens is 1. The number of carbonyl (C=O) groups excluding carboxylic acids is 2. The number of thiazole rings is 1. The van der Waals surface area contributed by atoms with E-state index in [-0.39, 0.29) is 11.3 Å². The van der Waals surface area contributed by atoms with Crippen molar-refractivity contribution < 1.29 is 19.4 Å². The number of benzene rings is 3. The molecule has 3 aromatic carbocycles. The number of hydrogen-bond donors (Lipinski definition) is 1. The van der Waals surface area contributed by atoms with Crippen molar-refractivity contribution in [2.24, 2.45) is 0 Å². The topological polar surface area (TPSA) is 79.7 Å². The summed E-state index contributed by atoms with van der Waals surface area (Å²) in [5.74, 6) is -1.05. The van der Waals surface area contributed by atoms with Gasteiger partial charge in [-0.05, 0) is 60.9 Å². The van der Waals surface area contributed by atoms with E-state index in [0.29, 0.717) is 16.4 Å². The van der Waals surface area contributed by atoms with Gasteiger partial charge in [0.05, 0.1) is 28.9 Å². The third-order valence-corrected chi connectivity index (χ3v) is 7.27. The van der Waals surface area contributed by atoms with Gasteiger partial charge in [0.1, 0.15) is 11.5 Å². The minimum Gasteiger partial charge on any atom is -0.507 e. The molecule has 2 heterocycles. The molecule has 0 spiro atoms. The van der Waals surface area contributed by atoms with Crippen LogP contribution in [0.4, 0.5) is 5.13 Å². The van der Waals surface area contributed by atoms with E-state index in [9.17, 15) is 14.7 Å². The lowest BCUT2D eigenvalue weighted by Gasteiger charge is -2.23. The van der Waals surface area contributed by atoms with Crippen LogP contribution >= 0.6 is 11.3 Å². The van der Waals surface area contributed by atoms with Crippen LogP contribution in [-0.4, -0.2) is 28.9 Å². The van der Waals surface area contributed by atoms with Gasteiger partial charge in [-0.1, -0.05) is 54.2 Å². The van der Waals surface area contributed by atoms with Gasteiger partial charge in [-0.25, -0.2) is 4.98 Å². The Bertz CT molecular complexity index is 1470. The Balaban J connectivity index is 1.69. The first-order valence-corrected chi connectivity index (χ1v) is 12.1. The van der Waals surface area contributed by atoms with Crippen LogP contribution in [0.1, 0.15) is 35.2 Å². The van der Waals surface area contributed by atoms with Crippen LogP contribution in [0.5, 0.6) is 5.75 Å². The number of rotatable bonds is 5. The zero-order valence-corrected chi connectivity index (χ0v) is 20.4.